The molecular weight excluding hydrogens is 320 g/mol. The Bertz CT molecular complexity index is 767. The summed E-state index contributed by atoms with van der Waals surface area (Å²) in [5.41, 5.74) is 3.49. The predicted octanol–water partition coefficient (Wildman–Crippen LogP) is 3.22. The van der Waals surface area contributed by atoms with Gasteiger partial charge in [0.2, 0.25) is 11.7 Å². The topological polar surface area (TPSA) is 74.5 Å². The van der Waals surface area contributed by atoms with Crippen molar-refractivity contribution >= 4 is 5.97 Å². The number of benzene rings is 1. The second-order valence-corrected chi connectivity index (χ2v) is 6.80. The Morgan fingerprint density at radius 1 is 1.28 bits per heavy atom. The van der Waals surface area contributed by atoms with Gasteiger partial charge < -0.3 is 14.0 Å². The van der Waals surface area contributed by atoms with Crippen molar-refractivity contribution in [3.8, 4) is 11.4 Å². The molecule has 0 unspecified atom stereocenters. The van der Waals surface area contributed by atoms with Gasteiger partial charge >= 0.3 is 5.97 Å². The van der Waals surface area contributed by atoms with Crippen molar-refractivity contribution in [2.45, 2.75) is 43.9 Å². The van der Waals surface area contributed by atoms with Gasteiger partial charge in [-0.1, -0.05) is 17.3 Å². The fourth-order valence-electron chi connectivity index (χ4n) is 3.40. The van der Waals surface area contributed by atoms with Crippen molar-refractivity contribution < 1.29 is 18.8 Å². The lowest BCUT2D eigenvalue weighted by atomic mass is 9.97. The van der Waals surface area contributed by atoms with E-state index < -0.39 is 0 Å². The largest absolute Gasteiger partial charge is 0.463 e. The van der Waals surface area contributed by atoms with Gasteiger partial charge in [0.1, 0.15) is 6.61 Å². The van der Waals surface area contributed by atoms with Crippen molar-refractivity contribution in [1.82, 2.24) is 10.1 Å². The lowest BCUT2D eigenvalue weighted by molar-refractivity contribution is -0.145. The van der Waals surface area contributed by atoms with Crippen LogP contribution >= 0.6 is 0 Å². The molecule has 0 radical (unpaired) electrons. The van der Waals surface area contributed by atoms with Crippen LogP contribution in [-0.4, -0.2) is 36.4 Å². The predicted molar refractivity (Wildman–Crippen MR) is 90.2 cm³/mol. The van der Waals surface area contributed by atoms with E-state index in [4.69, 9.17) is 14.0 Å². The molecule has 0 N–H and O–H groups in total. The van der Waals surface area contributed by atoms with E-state index in [1.54, 1.807) is 7.11 Å². The molecule has 2 aromatic rings. The summed E-state index contributed by atoms with van der Waals surface area (Å²) in [6, 6.07) is 6.25. The first-order chi connectivity index (χ1) is 12.2. The second kappa shape index (κ2) is 6.96. The van der Waals surface area contributed by atoms with E-state index in [9.17, 15) is 4.79 Å². The van der Waals surface area contributed by atoms with Gasteiger partial charge in [0.05, 0.1) is 13.0 Å². The number of aromatic nitrogens is 2. The van der Waals surface area contributed by atoms with Crippen LogP contribution in [0.2, 0.25) is 0 Å². The van der Waals surface area contributed by atoms with E-state index in [-0.39, 0.29) is 11.9 Å². The SMILES string of the molecule is COCCOC(=O)C[C@@H]1CCc2cc(-c3noc(C4CC4)n3)ccc21. The Balaban J connectivity index is 1.43. The summed E-state index contributed by atoms with van der Waals surface area (Å²) in [5, 5.41) is 4.11. The monoisotopic (exact) mass is 342 g/mol. The molecule has 2 aliphatic rings. The fourth-order valence-corrected chi connectivity index (χ4v) is 3.40. The minimum Gasteiger partial charge on any atom is -0.463 e. The van der Waals surface area contributed by atoms with E-state index in [1.165, 1.54) is 11.1 Å². The fraction of sp³-hybridized carbons (Fsp3) is 0.526. The summed E-state index contributed by atoms with van der Waals surface area (Å²) >= 11 is 0. The van der Waals surface area contributed by atoms with Crippen LogP contribution in [0.1, 0.15) is 54.5 Å². The van der Waals surface area contributed by atoms with Crippen LogP contribution in [-0.2, 0) is 20.7 Å². The van der Waals surface area contributed by atoms with Gasteiger partial charge in [-0.25, -0.2) is 0 Å². The highest BCUT2D eigenvalue weighted by Crippen LogP contribution is 2.40. The average molecular weight is 342 g/mol. The molecule has 2 aliphatic carbocycles. The zero-order valence-electron chi connectivity index (χ0n) is 14.4. The molecule has 1 aromatic heterocycles. The van der Waals surface area contributed by atoms with Gasteiger partial charge in [-0.3, -0.25) is 4.79 Å². The number of ether oxygens (including phenoxy) is 2. The van der Waals surface area contributed by atoms with Crippen molar-refractivity contribution in [2.75, 3.05) is 20.3 Å². The van der Waals surface area contributed by atoms with Crippen LogP contribution in [0.5, 0.6) is 0 Å². The van der Waals surface area contributed by atoms with Crippen LogP contribution in [0.3, 0.4) is 0 Å². The summed E-state index contributed by atoms with van der Waals surface area (Å²) < 4.78 is 15.4. The van der Waals surface area contributed by atoms with Gasteiger partial charge in [-0.2, -0.15) is 4.98 Å². The average Bonchev–Trinajstić information content (AvgIpc) is 3.22. The molecule has 0 saturated heterocycles. The summed E-state index contributed by atoms with van der Waals surface area (Å²) in [6.45, 7) is 0.749. The first kappa shape index (κ1) is 16.3. The Hall–Kier alpha value is -2.21. The van der Waals surface area contributed by atoms with E-state index in [2.05, 4.69) is 22.3 Å². The Morgan fingerprint density at radius 2 is 2.16 bits per heavy atom. The summed E-state index contributed by atoms with van der Waals surface area (Å²) in [4.78, 5) is 16.4. The van der Waals surface area contributed by atoms with Crippen LogP contribution in [0.25, 0.3) is 11.4 Å². The van der Waals surface area contributed by atoms with E-state index >= 15 is 0 Å². The standard InChI is InChI=1S/C19H22N2O4/c1-23-8-9-24-17(22)11-14-5-4-13-10-15(6-7-16(13)14)18-20-19(25-21-18)12-2-3-12/h6-7,10,12,14H,2-5,8-9,11H2,1H3/t14-/m0/s1. The molecule has 1 aromatic carbocycles. The molecule has 6 heteroatoms. The second-order valence-electron chi connectivity index (χ2n) is 6.80. The molecule has 1 heterocycles. The molecule has 4 rings (SSSR count). The molecule has 1 saturated carbocycles. The van der Waals surface area contributed by atoms with Crippen molar-refractivity contribution in [2.24, 2.45) is 0 Å². The van der Waals surface area contributed by atoms with E-state index in [0.29, 0.717) is 31.4 Å². The number of carbonyl (C=O) groups is 1. The van der Waals surface area contributed by atoms with Crippen LogP contribution < -0.4 is 0 Å². The number of rotatable bonds is 7. The Labute approximate surface area is 146 Å². The number of aryl methyl sites for hydroxylation is 1. The zero-order valence-corrected chi connectivity index (χ0v) is 14.4. The summed E-state index contributed by atoms with van der Waals surface area (Å²) in [6.07, 6.45) is 4.65. The smallest absolute Gasteiger partial charge is 0.306 e. The molecule has 0 aliphatic heterocycles. The summed E-state index contributed by atoms with van der Waals surface area (Å²) in [7, 11) is 1.59. The van der Waals surface area contributed by atoms with Crippen LogP contribution in [0.15, 0.2) is 22.7 Å². The lowest BCUT2D eigenvalue weighted by Crippen LogP contribution is -2.12. The highest BCUT2D eigenvalue weighted by atomic mass is 16.6. The first-order valence-corrected chi connectivity index (χ1v) is 8.86. The number of hydrogen-bond acceptors (Lipinski definition) is 6. The molecule has 1 fully saturated rings. The number of hydrogen-bond donors (Lipinski definition) is 0. The maximum atomic E-state index is 11.9. The third-order valence-corrected chi connectivity index (χ3v) is 4.94. The van der Waals surface area contributed by atoms with Gasteiger partial charge in [0, 0.05) is 18.6 Å². The maximum Gasteiger partial charge on any atom is 0.306 e. The summed E-state index contributed by atoms with van der Waals surface area (Å²) in [5.74, 6) is 1.95. The Kier molecular flexibility index (Phi) is 4.53. The number of methoxy groups -OCH3 is 1. The highest BCUT2D eigenvalue weighted by Gasteiger charge is 2.30. The highest BCUT2D eigenvalue weighted by molar-refractivity contribution is 5.71. The maximum absolute atomic E-state index is 11.9. The minimum atomic E-state index is -0.161. The van der Waals surface area contributed by atoms with Crippen molar-refractivity contribution in [3.63, 3.8) is 0 Å². The molecule has 1 atom stereocenters. The third kappa shape index (κ3) is 3.58. The molecule has 25 heavy (non-hydrogen) atoms. The van der Waals surface area contributed by atoms with Gasteiger partial charge in [-0.15, -0.1) is 0 Å². The normalized spacial score (nSPS) is 19.0. The number of esters is 1. The van der Waals surface area contributed by atoms with Gasteiger partial charge in [0.25, 0.3) is 0 Å². The molecule has 6 nitrogen and oxygen atoms in total. The zero-order chi connectivity index (χ0) is 17.2. The van der Waals surface area contributed by atoms with E-state index in [1.807, 2.05) is 6.07 Å². The first-order valence-electron chi connectivity index (χ1n) is 8.86. The Morgan fingerprint density at radius 3 is 2.96 bits per heavy atom. The third-order valence-electron chi connectivity index (χ3n) is 4.94. The lowest BCUT2D eigenvalue weighted by Gasteiger charge is -2.11. The number of fused-ring (bicyclic) bond motifs is 1. The minimum absolute atomic E-state index is 0.161. The van der Waals surface area contributed by atoms with Crippen molar-refractivity contribution in [1.29, 1.82) is 0 Å². The number of nitrogens with zero attached hydrogens (tertiary/aromatic N) is 2. The molecule has 0 amide bonds. The number of carbonyl (C=O) groups excluding carboxylic acids is 1. The van der Waals surface area contributed by atoms with Crippen LogP contribution in [0, 0.1) is 0 Å². The molecule has 0 bridgehead atoms. The van der Waals surface area contributed by atoms with Crippen LogP contribution in [0.4, 0.5) is 0 Å². The van der Waals surface area contributed by atoms with Gasteiger partial charge in [-0.05, 0) is 48.8 Å². The van der Waals surface area contributed by atoms with Gasteiger partial charge in [0.15, 0.2) is 0 Å². The van der Waals surface area contributed by atoms with E-state index in [0.717, 1.165) is 37.1 Å². The molecule has 0 spiro atoms. The molecular formula is C19H22N2O4. The quantitative estimate of drug-likeness (QED) is 0.568. The van der Waals surface area contributed by atoms with Crippen molar-refractivity contribution in [3.05, 3.63) is 35.2 Å². The molecule has 132 valence electrons.